The lowest BCUT2D eigenvalue weighted by Crippen LogP contribution is -2.41. The quantitative estimate of drug-likeness (QED) is 0.580. The number of benzene rings is 1. The van der Waals surface area contributed by atoms with Crippen LogP contribution in [0.3, 0.4) is 0 Å². The Kier molecular flexibility index (Phi) is 6.38. The van der Waals surface area contributed by atoms with Crippen LogP contribution in [0.1, 0.15) is 26.7 Å². The van der Waals surface area contributed by atoms with Gasteiger partial charge in [0.1, 0.15) is 17.3 Å². The van der Waals surface area contributed by atoms with E-state index in [0.717, 1.165) is 36.3 Å². The molecule has 2 aromatic heterocycles. The number of carbonyl (C=O) groups excluding carboxylic acids is 1. The van der Waals surface area contributed by atoms with E-state index in [1.54, 1.807) is 11.3 Å². The molecule has 1 aliphatic rings. The second-order valence-corrected chi connectivity index (χ2v) is 8.21. The molecule has 1 aromatic carbocycles. The number of hydrogen-bond acceptors (Lipinski definition) is 6. The van der Waals surface area contributed by atoms with Crippen LogP contribution in [-0.4, -0.2) is 37.2 Å². The van der Waals surface area contributed by atoms with Crippen LogP contribution in [0.5, 0.6) is 11.5 Å². The largest absolute Gasteiger partial charge is 0.494 e. The number of ether oxygens (including phenoxy) is 2. The highest BCUT2D eigenvalue weighted by molar-refractivity contribution is 7.17. The van der Waals surface area contributed by atoms with Crippen molar-refractivity contribution in [1.82, 2.24) is 4.98 Å². The zero-order valence-electron chi connectivity index (χ0n) is 17.4. The summed E-state index contributed by atoms with van der Waals surface area (Å²) in [5.74, 6) is 2.24. The van der Waals surface area contributed by atoms with Crippen molar-refractivity contribution in [2.75, 3.05) is 36.5 Å². The van der Waals surface area contributed by atoms with E-state index in [2.05, 4.69) is 26.6 Å². The lowest BCUT2D eigenvalue weighted by Gasteiger charge is -2.33. The van der Waals surface area contributed by atoms with Crippen LogP contribution in [0.25, 0.3) is 10.1 Å². The summed E-state index contributed by atoms with van der Waals surface area (Å²) in [6.07, 6.45) is 3.67. The number of rotatable bonds is 7. The zero-order valence-corrected chi connectivity index (χ0v) is 18.2. The number of hydrogen-bond donors (Lipinski definition) is 1. The maximum absolute atomic E-state index is 13.1. The fourth-order valence-electron chi connectivity index (χ4n) is 3.89. The van der Waals surface area contributed by atoms with Crippen molar-refractivity contribution in [3.8, 4) is 11.5 Å². The molecule has 0 bridgehead atoms. The monoisotopic (exact) mass is 425 g/mol. The molecule has 0 radical (unpaired) electrons. The molecule has 1 N–H and O–H groups in total. The van der Waals surface area contributed by atoms with Gasteiger partial charge in [0.2, 0.25) is 5.91 Å². The molecular weight excluding hydrogens is 398 g/mol. The van der Waals surface area contributed by atoms with Crippen molar-refractivity contribution < 1.29 is 14.3 Å². The SMILES string of the molecule is CCOc1ccc(OCC)c(NC(=O)C2CCCN(c3nccc4sccc34)C2)c1. The smallest absolute Gasteiger partial charge is 0.229 e. The lowest BCUT2D eigenvalue weighted by atomic mass is 9.96. The highest BCUT2D eigenvalue weighted by Crippen LogP contribution is 2.33. The van der Waals surface area contributed by atoms with Crippen LogP contribution < -0.4 is 19.7 Å². The van der Waals surface area contributed by atoms with E-state index in [0.29, 0.717) is 31.2 Å². The van der Waals surface area contributed by atoms with Gasteiger partial charge in [-0.05, 0) is 56.3 Å². The van der Waals surface area contributed by atoms with E-state index in [9.17, 15) is 4.79 Å². The summed E-state index contributed by atoms with van der Waals surface area (Å²) in [5.41, 5.74) is 0.656. The number of thiophene rings is 1. The average Bonchev–Trinajstić information content (AvgIpc) is 3.25. The van der Waals surface area contributed by atoms with Crippen LogP contribution in [0.15, 0.2) is 41.9 Å². The molecule has 1 amide bonds. The number of piperidine rings is 1. The Labute approximate surface area is 180 Å². The number of carbonyl (C=O) groups is 1. The van der Waals surface area contributed by atoms with Crippen molar-refractivity contribution in [3.05, 3.63) is 41.9 Å². The Balaban J connectivity index is 1.51. The molecule has 30 heavy (non-hydrogen) atoms. The molecule has 0 aliphatic carbocycles. The maximum atomic E-state index is 13.1. The molecule has 4 rings (SSSR count). The highest BCUT2D eigenvalue weighted by Gasteiger charge is 2.28. The molecule has 3 aromatic rings. The van der Waals surface area contributed by atoms with Gasteiger partial charge in [0.05, 0.1) is 24.8 Å². The Bertz CT molecular complexity index is 1020. The summed E-state index contributed by atoms with van der Waals surface area (Å²) in [6, 6.07) is 9.69. The summed E-state index contributed by atoms with van der Waals surface area (Å²) in [6.45, 7) is 6.54. The first-order chi connectivity index (χ1) is 14.7. The number of aromatic nitrogens is 1. The second kappa shape index (κ2) is 9.34. The topological polar surface area (TPSA) is 63.7 Å². The summed E-state index contributed by atoms with van der Waals surface area (Å²) in [5, 5.41) is 6.33. The van der Waals surface area contributed by atoms with Crippen molar-refractivity contribution in [2.24, 2.45) is 5.92 Å². The molecule has 1 atom stereocenters. The van der Waals surface area contributed by atoms with E-state index >= 15 is 0 Å². The zero-order chi connectivity index (χ0) is 20.9. The Morgan fingerprint density at radius 2 is 2.10 bits per heavy atom. The van der Waals surface area contributed by atoms with Crippen molar-refractivity contribution in [2.45, 2.75) is 26.7 Å². The van der Waals surface area contributed by atoms with Gasteiger partial charge < -0.3 is 19.7 Å². The fraction of sp³-hybridized carbons (Fsp3) is 0.391. The van der Waals surface area contributed by atoms with Gasteiger partial charge in [-0.1, -0.05) is 0 Å². The van der Waals surface area contributed by atoms with Gasteiger partial charge >= 0.3 is 0 Å². The third kappa shape index (κ3) is 4.36. The van der Waals surface area contributed by atoms with Crippen molar-refractivity contribution in [1.29, 1.82) is 0 Å². The molecule has 3 heterocycles. The van der Waals surface area contributed by atoms with Gasteiger partial charge in [0, 0.05) is 35.4 Å². The highest BCUT2D eigenvalue weighted by atomic mass is 32.1. The first-order valence-corrected chi connectivity index (χ1v) is 11.3. The molecule has 0 saturated carbocycles. The Morgan fingerprint density at radius 1 is 1.23 bits per heavy atom. The average molecular weight is 426 g/mol. The summed E-state index contributed by atoms with van der Waals surface area (Å²) in [4.78, 5) is 20.0. The van der Waals surface area contributed by atoms with Crippen molar-refractivity contribution >= 4 is 38.8 Å². The van der Waals surface area contributed by atoms with Gasteiger partial charge in [-0.3, -0.25) is 4.79 Å². The van der Waals surface area contributed by atoms with E-state index < -0.39 is 0 Å². The minimum absolute atomic E-state index is 0.00629. The molecule has 6 nitrogen and oxygen atoms in total. The van der Waals surface area contributed by atoms with Crippen LogP contribution in [0, 0.1) is 5.92 Å². The third-order valence-corrected chi connectivity index (χ3v) is 6.15. The standard InChI is InChI=1S/C23H27N3O3S/c1-3-28-17-7-8-20(29-4-2)19(14-17)25-23(27)16-6-5-12-26(15-16)22-18-10-13-30-21(18)9-11-24-22/h7-11,13-14,16H,3-6,12,15H2,1-2H3,(H,25,27). The van der Waals surface area contributed by atoms with Crippen LogP contribution in [0.2, 0.25) is 0 Å². The van der Waals surface area contributed by atoms with Crippen molar-refractivity contribution in [3.63, 3.8) is 0 Å². The maximum Gasteiger partial charge on any atom is 0.229 e. The normalized spacial score (nSPS) is 16.5. The molecule has 158 valence electrons. The first-order valence-electron chi connectivity index (χ1n) is 10.5. The number of fused-ring (bicyclic) bond motifs is 1. The van der Waals surface area contributed by atoms with Gasteiger partial charge in [0.15, 0.2) is 0 Å². The fourth-order valence-corrected chi connectivity index (χ4v) is 4.67. The van der Waals surface area contributed by atoms with E-state index in [-0.39, 0.29) is 11.8 Å². The van der Waals surface area contributed by atoms with Gasteiger partial charge in [0.25, 0.3) is 0 Å². The summed E-state index contributed by atoms with van der Waals surface area (Å²) < 4.78 is 12.5. The molecular formula is C23H27N3O3S. The summed E-state index contributed by atoms with van der Waals surface area (Å²) >= 11 is 1.71. The van der Waals surface area contributed by atoms with Crippen LogP contribution in [0.4, 0.5) is 11.5 Å². The van der Waals surface area contributed by atoms with Gasteiger partial charge in [-0.15, -0.1) is 11.3 Å². The molecule has 7 heteroatoms. The third-order valence-electron chi connectivity index (χ3n) is 5.27. The Morgan fingerprint density at radius 3 is 2.93 bits per heavy atom. The number of anilines is 2. The van der Waals surface area contributed by atoms with E-state index in [4.69, 9.17) is 9.47 Å². The predicted octanol–water partition coefficient (Wildman–Crippen LogP) is 4.95. The Hall–Kier alpha value is -2.80. The van der Waals surface area contributed by atoms with E-state index in [1.807, 2.05) is 44.3 Å². The number of pyridine rings is 1. The first kappa shape index (κ1) is 20.5. The molecule has 1 unspecified atom stereocenters. The minimum Gasteiger partial charge on any atom is -0.494 e. The predicted molar refractivity (Wildman–Crippen MR) is 122 cm³/mol. The molecule has 1 saturated heterocycles. The van der Waals surface area contributed by atoms with Crippen LogP contribution in [-0.2, 0) is 4.79 Å². The van der Waals surface area contributed by atoms with Gasteiger partial charge in [-0.25, -0.2) is 4.98 Å². The molecule has 1 aliphatic heterocycles. The molecule has 0 spiro atoms. The summed E-state index contributed by atoms with van der Waals surface area (Å²) in [7, 11) is 0. The number of nitrogens with one attached hydrogen (secondary N) is 1. The number of nitrogens with zero attached hydrogens (tertiary/aromatic N) is 2. The second-order valence-electron chi connectivity index (χ2n) is 7.27. The lowest BCUT2D eigenvalue weighted by molar-refractivity contribution is -0.120. The van der Waals surface area contributed by atoms with Crippen LogP contribution >= 0.6 is 11.3 Å². The van der Waals surface area contributed by atoms with E-state index in [1.165, 1.54) is 4.70 Å². The van der Waals surface area contributed by atoms with Gasteiger partial charge in [-0.2, -0.15) is 0 Å². The number of amides is 1. The minimum atomic E-state index is -0.111. The molecule has 1 fully saturated rings.